The van der Waals surface area contributed by atoms with Gasteiger partial charge in [-0.15, -0.1) is 0 Å². The van der Waals surface area contributed by atoms with E-state index < -0.39 is 25.4 Å². The molecule has 6 rings (SSSR count). The first-order chi connectivity index (χ1) is 56.2. The molecule has 0 unspecified atom stereocenters. The molecule has 0 amide bonds. The molecule has 0 aliphatic rings. The predicted molar refractivity (Wildman–Crippen MR) is 522 cm³/mol. The average molecular weight is 1630 g/mol. The van der Waals surface area contributed by atoms with Crippen molar-refractivity contribution in [3.8, 4) is 0 Å². The molecular formula is C114H183O3P. The lowest BCUT2D eigenvalue weighted by Gasteiger charge is -2.45. The normalized spacial score (nSPS) is 13.1. The molecule has 4 heteroatoms. The van der Waals surface area contributed by atoms with Gasteiger partial charge in [0.1, 0.15) is 16.8 Å². The van der Waals surface area contributed by atoms with Gasteiger partial charge in [-0.05, 0) is 138 Å². The molecule has 3 nitrogen and oxygen atoms in total. The number of benzene rings is 6. The third kappa shape index (κ3) is 35.3. The largest absolute Gasteiger partial charge is 0.336 e. The van der Waals surface area contributed by atoms with E-state index in [-0.39, 0.29) is 32.5 Å². The van der Waals surface area contributed by atoms with E-state index in [4.69, 9.17) is 13.6 Å². The number of unbranched alkanes of at least 4 members (excludes halogenated alkanes) is 42. The molecule has 0 radical (unpaired) electrons. The zero-order valence-corrected chi connectivity index (χ0v) is 81.9. The van der Waals surface area contributed by atoms with Crippen LogP contribution in [0.15, 0.2) is 146 Å². The van der Waals surface area contributed by atoms with Crippen molar-refractivity contribution in [1.82, 2.24) is 0 Å². The molecule has 6 aromatic rings. The van der Waals surface area contributed by atoms with Crippen LogP contribution in [0.4, 0.5) is 0 Å². The van der Waals surface area contributed by atoms with Gasteiger partial charge in [-0.25, -0.2) is 0 Å². The van der Waals surface area contributed by atoms with Crippen molar-refractivity contribution in [2.24, 2.45) is 0 Å². The van der Waals surface area contributed by atoms with Gasteiger partial charge < -0.3 is 0 Å². The zero-order chi connectivity index (χ0) is 86.0. The highest BCUT2D eigenvalue weighted by molar-refractivity contribution is 7.41. The second-order valence-corrected chi connectivity index (χ2v) is 44.0. The van der Waals surface area contributed by atoms with E-state index in [0.29, 0.717) is 0 Å². The molecule has 118 heavy (non-hydrogen) atoms. The van der Waals surface area contributed by atoms with Crippen LogP contribution in [-0.4, -0.2) is 0 Å². The van der Waals surface area contributed by atoms with Gasteiger partial charge in [0.2, 0.25) is 0 Å². The van der Waals surface area contributed by atoms with Crippen LogP contribution in [0.1, 0.15) is 520 Å². The Morgan fingerprint density at radius 2 is 0.254 bits per heavy atom. The van der Waals surface area contributed by atoms with Crippen LogP contribution in [0.3, 0.4) is 0 Å². The maximum atomic E-state index is 8.97. The smallest absolute Gasteiger partial charge is 0.296 e. The van der Waals surface area contributed by atoms with Crippen molar-refractivity contribution >= 4 is 8.60 Å². The summed E-state index contributed by atoms with van der Waals surface area (Å²) in [5, 5.41) is 0. The Kier molecular flexibility index (Phi) is 45.5. The Hall–Kier alpha value is -4.37. The Bertz CT molecular complexity index is 2980. The fourth-order valence-corrected chi connectivity index (χ4v) is 19.7. The molecule has 662 valence electrons. The summed E-state index contributed by atoms with van der Waals surface area (Å²) in [5.41, 5.74) is 11.5. The molecule has 0 aliphatic carbocycles. The first-order valence-electron chi connectivity index (χ1n) is 49.8. The van der Waals surface area contributed by atoms with Gasteiger partial charge in [0.05, 0.1) is 0 Å². The number of hydrogen-bond acceptors (Lipinski definition) is 3. The molecule has 0 bridgehead atoms. The standard InChI is InChI=1S/C114H183O3P/c1-22-25-28-31-34-37-40-43-46-49-52-55-58-61-64-91-112(100-79-67-94(68-80-100)106(4,5)6,101-81-69-95(70-82-101)107(7,8)9)115-118(116-113(102-83-71-96(72-84-102)108(10,11)12,103-85-73-97(74-86-103)109(13,14)15)92-65-62-59-56-53-50-47-44-41-38-35-32-29-26-23-2)117-114(104-87-75-98(76-88-104)110(16,17)18,105-89-77-99(78-90-105)111(19,20)21)93-66-63-60-57-54-51-48-45-42-39-36-33-30-27-24-3/h67-90H,22-66,91-93H2,1-21H3. The van der Waals surface area contributed by atoms with Gasteiger partial charge in [-0.3, -0.25) is 13.6 Å². The highest BCUT2D eigenvalue weighted by atomic mass is 31.2. The molecule has 0 fully saturated rings. The van der Waals surface area contributed by atoms with E-state index in [1.807, 2.05) is 0 Å². The van der Waals surface area contributed by atoms with Crippen molar-refractivity contribution in [2.75, 3.05) is 0 Å². The first kappa shape index (κ1) is 102. The van der Waals surface area contributed by atoms with Crippen LogP contribution in [0, 0.1) is 0 Å². The minimum absolute atomic E-state index is 0.0568. The van der Waals surface area contributed by atoms with Gasteiger partial charge >= 0.3 is 8.60 Å². The molecule has 0 aliphatic heterocycles. The van der Waals surface area contributed by atoms with Crippen molar-refractivity contribution in [3.63, 3.8) is 0 Å². The lowest BCUT2D eigenvalue weighted by molar-refractivity contribution is -0.0253. The summed E-state index contributed by atoms with van der Waals surface area (Å²) >= 11 is 0. The van der Waals surface area contributed by atoms with Crippen molar-refractivity contribution in [1.29, 1.82) is 0 Å². The van der Waals surface area contributed by atoms with E-state index in [0.717, 1.165) is 91.2 Å². The van der Waals surface area contributed by atoms with Crippen LogP contribution >= 0.6 is 8.60 Å². The summed E-state index contributed by atoms with van der Waals surface area (Å²) in [6.45, 7) is 49.4. The Labute approximate surface area is 732 Å². The summed E-state index contributed by atoms with van der Waals surface area (Å²) in [7, 11) is -2.38. The van der Waals surface area contributed by atoms with E-state index in [9.17, 15) is 0 Å². The quantitative estimate of drug-likeness (QED) is 0.0281. The van der Waals surface area contributed by atoms with Crippen molar-refractivity contribution < 1.29 is 13.6 Å². The zero-order valence-electron chi connectivity index (χ0n) is 81.0. The predicted octanol–water partition coefficient (Wildman–Crippen LogP) is 37.7. The summed E-state index contributed by atoms with van der Waals surface area (Å²) in [6.07, 6.45) is 61.2. The molecular weight excluding hydrogens is 1450 g/mol. The van der Waals surface area contributed by atoms with Crippen molar-refractivity contribution in [3.05, 3.63) is 212 Å². The third-order valence-corrected chi connectivity index (χ3v) is 27.8. The van der Waals surface area contributed by atoms with Gasteiger partial charge in [0.15, 0.2) is 0 Å². The van der Waals surface area contributed by atoms with Crippen LogP contribution in [-0.2, 0) is 62.9 Å². The van der Waals surface area contributed by atoms with Crippen LogP contribution < -0.4 is 0 Å². The maximum Gasteiger partial charge on any atom is 0.336 e. The van der Waals surface area contributed by atoms with Crippen LogP contribution in [0.2, 0.25) is 0 Å². The molecule has 0 N–H and O–H groups in total. The number of rotatable bonds is 60. The monoisotopic (exact) mass is 1630 g/mol. The van der Waals surface area contributed by atoms with E-state index in [2.05, 4.69) is 291 Å². The maximum absolute atomic E-state index is 8.97. The summed E-state index contributed by atoms with van der Waals surface area (Å²) < 4.78 is 26.9. The minimum Gasteiger partial charge on any atom is -0.296 e. The molecule has 6 aromatic carbocycles. The van der Waals surface area contributed by atoms with Gasteiger partial charge in [-0.1, -0.05) is 561 Å². The lowest BCUT2D eigenvalue weighted by atomic mass is 9.78. The van der Waals surface area contributed by atoms with Crippen molar-refractivity contribution in [2.45, 2.75) is 503 Å². The number of hydrogen-bond donors (Lipinski definition) is 0. The molecule has 0 aromatic heterocycles. The average Bonchev–Trinajstić information content (AvgIpc) is 0.741. The van der Waals surface area contributed by atoms with E-state index in [1.165, 1.54) is 284 Å². The van der Waals surface area contributed by atoms with Gasteiger partial charge in [0, 0.05) is 0 Å². The second-order valence-electron chi connectivity index (χ2n) is 43.0. The fourth-order valence-electron chi connectivity index (χ4n) is 17.9. The molecule has 0 saturated carbocycles. The van der Waals surface area contributed by atoms with Gasteiger partial charge in [0.25, 0.3) is 0 Å². The molecule has 0 saturated heterocycles. The molecule has 0 atom stereocenters. The molecule has 0 heterocycles. The second kappa shape index (κ2) is 52.4. The van der Waals surface area contributed by atoms with E-state index >= 15 is 0 Å². The summed E-state index contributed by atoms with van der Waals surface area (Å²) in [6, 6.07) is 58.2. The summed E-state index contributed by atoms with van der Waals surface area (Å²) in [4.78, 5) is 0. The first-order valence-corrected chi connectivity index (χ1v) is 50.9. The minimum atomic E-state index is -2.38. The van der Waals surface area contributed by atoms with E-state index in [1.54, 1.807) is 0 Å². The highest BCUT2D eigenvalue weighted by Crippen LogP contribution is 2.63. The Morgan fingerprint density at radius 1 is 0.153 bits per heavy atom. The van der Waals surface area contributed by atoms with Crippen LogP contribution in [0.5, 0.6) is 0 Å². The highest BCUT2D eigenvalue weighted by Gasteiger charge is 2.50. The third-order valence-electron chi connectivity index (χ3n) is 26.4. The van der Waals surface area contributed by atoms with Crippen LogP contribution in [0.25, 0.3) is 0 Å². The Morgan fingerprint density at radius 3 is 0.364 bits per heavy atom. The fraction of sp³-hybridized carbons (Fsp3) is 0.684. The summed E-state index contributed by atoms with van der Waals surface area (Å²) in [5.74, 6) is 0. The SMILES string of the molecule is CCCCCCCCCCCCCCCCCC(OP(OC(CCCCCCCCCCCCCCCCC)(c1ccc(C(C)(C)C)cc1)c1ccc(C(C)(C)C)cc1)OC(CCCCCCCCCCCCCCCCC)(c1ccc(C(C)(C)C)cc1)c1ccc(C(C)(C)C)cc1)(c1ccc(C(C)(C)C)cc1)c1ccc(C(C)(C)C)cc1. The topological polar surface area (TPSA) is 27.7 Å². The van der Waals surface area contributed by atoms with Gasteiger partial charge in [-0.2, -0.15) is 0 Å². The molecule has 0 spiro atoms. The Balaban J connectivity index is 1.62. The lowest BCUT2D eigenvalue weighted by Crippen LogP contribution is -2.37.